The van der Waals surface area contributed by atoms with E-state index in [1.165, 1.54) is 11.3 Å². The van der Waals surface area contributed by atoms with E-state index in [4.69, 9.17) is 4.74 Å². The van der Waals surface area contributed by atoms with Gasteiger partial charge in [0.15, 0.2) is 5.13 Å². The molecule has 1 aliphatic heterocycles. The van der Waals surface area contributed by atoms with Crippen molar-refractivity contribution >= 4 is 34.1 Å². The van der Waals surface area contributed by atoms with Crippen molar-refractivity contribution in [3.8, 4) is 11.3 Å². The van der Waals surface area contributed by atoms with Crippen LogP contribution >= 0.6 is 23.1 Å². The lowest BCUT2D eigenvalue weighted by atomic mass is 10.0. The van der Waals surface area contributed by atoms with Gasteiger partial charge in [-0.05, 0) is 45.3 Å². The first-order valence-corrected chi connectivity index (χ1v) is 10.8. The third kappa shape index (κ3) is 4.87. The summed E-state index contributed by atoms with van der Waals surface area (Å²) in [6.45, 7) is 7.72. The van der Waals surface area contributed by atoms with Gasteiger partial charge < -0.3 is 10.1 Å². The van der Waals surface area contributed by atoms with E-state index < -0.39 is 4.75 Å². The third-order valence-corrected chi connectivity index (χ3v) is 7.06. The predicted octanol–water partition coefficient (Wildman–Crippen LogP) is 5.00. The second kappa shape index (κ2) is 8.55. The Kier molecular flexibility index (Phi) is 6.37. The van der Waals surface area contributed by atoms with Gasteiger partial charge >= 0.3 is 0 Å². The molecular weight excluding hydrogens is 364 g/mol. The molecule has 4 nitrogen and oxygen atoms in total. The fourth-order valence-electron chi connectivity index (χ4n) is 2.87. The number of hydrogen-bond acceptors (Lipinski definition) is 5. The molecule has 140 valence electrons. The van der Waals surface area contributed by atoms with Crippen molar-refractivity contribution in [1.29, 1.82) is 0 Å². The molecule has 1 aromatic heterocycles. The fraction of sp³-hybridized carbons (Fsp3) is 0.500. The minimum atomic E-state index is -0.481. The number of benzene rings is 1. The molecule has 1 aliphatic rings. The molecule has 0 unspecified atom stereocenters. The maximum absolute atomic E-state index is 12.8. The van der Waals surface area contributed by atoms with Gasteiger partial charge in [0.1, 0.15) is 0 Å². The van der Waals surface area contributed by atoms with Crippen LogP contribution in [-0.4, -0.2) is 34.6 Å². The number of aromatic nitrogens is 1. The van der Waals surface area contributed by atoms with Crippen LogP contribution in [-0.2, 0) is 9.53 Å². The van der Waals surface area contributed by atoms with E-state index in [2.05, 4.69) is 10.3 Å². The largest absolute Gasteiger partial charge is 0.381 e. The summed E-state index contributed by atoms with van der Waals surface area (Å²) in [6, 6.07) is 10.1. The minimum Gasteiger partial charge on any atom is -0.381 e. The topological polar surface area (TPSA) is 51.2 Å². The Bertz CT molecular complexity index is 738. The third-order valence-electron chi connectivity index (χ3n) is 4.63. The number of carbonyl (C=O) groups is 1. The number of thioether (sulfide) groups is 1. The van der Waals surface area contributed by atoms with Crippen molar-refractivity contribution in [1.82, 2.24) is 4.98 Å². The van der Waals surface area contributed by atoms with Gasteiger partial charge in [-0.3, -0.25) is 4.79 Å². The van der Waals surface area contributed by atoms with Crippen LogP contribution in [0, 0.1) is 12.8 Å². The van der Waals surface area contributed by atoms with Crippen LogP contribution in [0.2, 0.25) is 0 Å². The van der Waals surface area contributed by atoms with Crippen LogP contribution in [0.5, 0.6) is 0 Å². The zero-order chi connectivity index (χ0) is 18.6. The molecule has 1 N–H and O–H groups in total. The molecule has 0 aliphatic carbocycles. The lowest BCUT2D eigenvalue weighted by Gasteiger charge is -2.27. The average Bonchev–Trinajstić information content (AvgIpc) is 3.02. The Morgan fingerprint density at radius 2 is 2.00 bits per heavy atom. The van der Waals surface area contributed by atoms with Crippen LogP contribution in [0.1, 0.15) is 31.6 Å². The van der Waals surface area contributed by atoms with E-state index in [0.29, 0.717) is 11.0 Å². The Balaban J connectivity index is 1.61. The number of hydrogen-bond donors (Lipinski definition) is 1. The van der Waals surface area contributed by atoms with Crippen LogP contribution in [0.3, 0.4) is 0 Å². The number of nitrogens with zero attached hydrogens (tertiary/aromatic N) is 1. The van der Waals surface area contributed by atoms with Crippen molar-refractivity contribution in [2.24, 2.45) is 5.92 Å². The van der Waals surface area contributed by atoms with Gasteiger partial charge in [0, 0.05) is 23.7 Å². The van der Waals surface area contributed by atoms with Crippen molar-refractivity contribution in [2.75, 3.05) is 24.3 Å². The molecule has 26 heavy (non-hydrogen) atoms. The van der Waals surface area contributed by atoms with E-state index >= 15 is 0 Å². The lowest BCUT2D eigenvalue weighted by Crippen LogP contribution is -2.35. The number of nitrogens with one attached hydrogen (secondary N) is 1. The molecule has 0 spiro atoms. The van der Waals surface area contributed by atoms with Crippen molar-refractivity contribution in [3.05, 3.63) is 35.2 Å². The summed E-state index contributed by atoms with van der Waals surface area (Å²) in [5, 5.41) is 3.70. The number of rotatable bonds is 6. The van der Waals surface area contributed by atoms with Crippen molar-refractivity contribution in [2.45, 2.75) is 38.4 Å². The second-order valence-corrected chi connectivity index (χ2v) is 9.97. The maximum Gasteiger partial charge on any atom is 0.241 e. The first-order valence-electron chi connectivity index (χ1n) is 9.02. The highest BCUT2D eigenvalue weighted by Crippen LogP contribution is 2.33. The van der Waals surface area contributed by atoms with Gasteiger partial charge in [0.25, 0.3) is 0 Å². The molecule has 0 saturated carbocycles. The zero-order valence-corrected chi connectivity index (χ0v) is 17.2. The fourth-order valence-corrected chi connectivity index (χ4v) is 4.86. The van der Waals surface area contributed by atoms with Gasteiger partial charge in [-0.15, -0.1) is 23.1 Å². The Hall–Kier alpha value is -1.37. The van der Waals surface area contributed by atoms with E-state index in [9.17, 15) is 4.79 Å². The van der Waals surface area contributed by atoms with Crippen LogP contribution in [0.4, 0.5) is 5.13 Å². The number of carbonyl (C=O) groups excluding carboxylic acids is 1. The Morgan fingerprint density at radius 1 is 1.31 bits per heavy atom. The lowest BCUT2D eigenvalue weighted by molar-refractivity contribution is -0.117. The summed E-state index contributed by atoms with van der Waals surface area (Å²) in [7, 11) is 0. The SMILES string of the molecule is Cc1sc(NC(=O)C(C)(C)SCC2CCOCC2)nc1-c1ccccc1. The molecular formula is C20H26N2O2S2. The van der Waals surface area contributed by atoms with Gasteiger partial charge in [-0.1, -0.05) is 30.3 Å². The molecule has 0 bridgehead atoms. The van der Waals surface area contributed by atoms with Crippen LogP contribution < -0.4 is 5.32 Å². The standard InChI is InChI=1S/C20H26N2O2S2/c1-14-17(16-7-5-4-6-8-16)21-19(26-14)22-18(23)20(2,3)25-13-15-9-11-24-12-10-15/h4-8,15H,9-13H2,1-3H3,(H,21,22,23). The summed E-state index contributed by atoms with van der Waals surface area (Å²) in [6.07, 6.45) is 2.19. The van der Waals surface area contributed by atoms with E-state index in [-0.39, 0.29) is 5.91 Å². The molecule has 1 saturated heterocycles. The first kappa shape index (κ1) is 19.4. The predicted molar refractivity (Wildman–Crippen MR) is 111 cm³/mol. The van der Waals surface area contributed by atoms with Crippen molar-refractivity contribution < 1.29 is 9.53 Å². The summed E-state index contributed by atoms with van der Waals surface area (Å²) < 4.78 is 4.93. The summed E-state index contributed by atoms with van der Waals surface area (Å²) >= 11 is 3.26. The Labute approximate surface area is 163 Å². The normalized spacial score (nSPS) is 15.8. The molecule has 2 heterocycles. The quantitative estimate of drug-likeness (QED) is 0.754. The number of thiazole rings is 1. The van der Waals surface area contributed by atoms with Gasteiger partial charge in [-0.25, -0.2) is 4.98 Å². The number of ether oxygens (including phenoxy) is 1. The number of aryl methyl sites for hydroxylation is 1. The summed E-state index contributed by atoms with van der Waals surface area (Å²) in [5.74, 6) is 1.66. The van der Waals surface area contributed by atoms with E-state index in [0.717, 1.165) is 47.9 Å². The molecule has 6 heteroatoms. The minimum absolute atomic E-state index is 0.0166. The maximum atomic E-state index is 12.8. The van der Waals surface area contributed by atoms with Crippen LogP contribution in [0.25, 0.3) is 11.3 Å². The second-order valence-electron chi connectivity index (χ2n) is 7.12. The summed E-state index contributed by atoms with van der Waals surface area (Å²) in [5.41, 5.74) is 2.02. The van der Waals surface area contributed by atoms with E-state index in [1.54, 1.807) is 11.8 Å². The molecule has 2 aromatic rings. The van der Waals surface area contributed by atoms with Crippen LogP contribution in [0.15, 0.2) is 30.3 Å². The monoisotopic (exact) mass is 390 g/mol. The highest BCUT2D eigenvalue weighted by atomic mass is 32.2. The molecule has 1 amide bonds. The summed E-state index contributed by atoms with van der Waals surface area (Å²) in [4.78, 5) is 18.5. The zero-order valence-electron chi connectivity index (χ0n) is 15.6. The number of amides is 1. The van der Waals surface area contributed by atoms with Gasteiger partial charge in [0.05, 0.1) is 10.4 Å². The highest BCUT2D eigenvalue weighted by molar-refractivity contribution is 8.01. The molecule has 1 fully saturated rings. The average molecular weight is 391 g/mol. The Morgan fingerprint density at radius 3 is 2.69 bits per heavy atom. The van der Waals surface area contributed by atoms with Gasteiger partial charge in [0.2, 0.25) is 5.91 Å². The van der Waals surface area contributed by atoms with Gasteiger partial charge in [-0.2, -0.15) is 0 Å². The van der Waals surface area contributed by atoms with E-state index in [1.807, 2.05) is 51.1 Å². The molecule has 0 radical (unpaired) electrons. The first-order chi connectivity index (χ1) is 12.5. The molecule has 3 rings (SSSR count). The molecule has 1 aromatic carbocycles. The smallest absolute Gasteiger partial charge is 0.241 e. The molecule has 0 atom stereocenters. The van der Waals surface area contributed by atoms with Crippen molar-refractivity contribution in [3.63, 3.8) is 0 Å². The number of anilines is 1. The highest BCUT2D eigenvalue weighted by Gasteiger charge is 2.30.